The lowest BCUT2D eigenvalue weighted by Gasteiger charge is -2.32. The number of carbonyl (C=O) groups excluding carboxylic acids is 2. The molecule has 1 fully saturated rings. The molecule has 0 radical (unpaired) electrons. The van der Waals surface area contributed by atoms with Crippen molar-refractivity contribution in [3.63, 3.8) is 0 Å². The minimum atomic E-state index is -1.03. The van der Waals surface area contributed by atoms with E-state index in [1.54, 1.807) is 43.5 Å². The highest BCUT2D eigenvalue weighted by Gasteiger charge is 2.36. The van der Waals surface area contributed by atoms with Crippen molar-refractivity contribution < 1.29 is 18.7 Å². The lowest BCUT2D eigenvalue weighted by Crippen LogP contribution is -2.48. The van der Waals surface area contributed by atoms with Crippen molar-refractivity contribution in [2.45, 2.75) is 57.7 Å². The zero-order valence-electron chi connectivity index (χ0n) is 22.1. The lowest BCUT2D eigenvalue weighted by atomic mass is 9.95. The number of aryl methyl sites for hydroxylation is 1. The van der Waals surface area contributed by atoms with Crippen LogP contribution in [-0.4, -0.2) is 45.2 Å². The highest BCUT2D eigenvalue weighted by Crippen LogP contribution is 2.31. The van der Waals surface area contributed by atoms with Gasteiger partial charge in [-0.3, -0.25) is 14.5 Å². The van der Waals surface area contributed by atoms with E-state index in [0.29, 0.717) is 28.8 Å². The van der Waals surface area contributed by atoms with E-state index in [9.17, 15) is 9.59 Å². The molecule has 2 amide bonds. The lowest BCUT2D eigenvalue weighted by molar-refractivity contribution is -0.128. The average molecular weight is 529 g/mol. The number of carbonyl (C=O) groups is 2. The summed E-state index contributed by atoms with van der Waals surface area (Å²) in [6.45, 7) is 1.59. The first-order valence-electron chi connectivity index (χ1n) is 13.2. The summed E-state index contributed by atoms with van der Waals surface area (Å²) < 4.78 is 11.2. The summed E-state index contributed by atoms with van der Waals surface area (Å²) in [5.74, 6) is 1.38. The molecule has 4 aromatic rings. The largest absolute Gasteiger partial charge is 0.497 e. The number of furan rings is 1. The molecule has 1 N–H and O–H groups in total. The summed E-state index contributed by atoms with van der Waals surface area (Å²) in [4.78, 5) is 30.5. The van der Waals surface area contributed by atoms with E-state index in [2.05, 4.69) is 20.7 Å². The third kappa shape index (κ3) is 6.17. The minimum absolute atomic E-state index is 0.0584. The van der Waals surface area contributed by atoms with Crippen LogP contribution in [0.5, 0.6) is 5.75 Å². The summed E-state index contributed by atoms with van der Waals surface area (Å²) in [5.41, 5.74) is 1.31. The fourth-order valence-electron chi connectivity index (χ4n) is 4.89. The van der Waals surface area contributed by atoms with Gasteiger partial charge >= 0.3 is 0 Å². The Bertz CT molecular complexity index is 1390. The van der Waals surface area contributed by atoms with Gasteiger partial charge in [0, 0.05) is 17.3 Å². The number of ether oxygens (including phenoxy) is 1. The van der Waals surface area contributed by atoms with Crippen molar-refractivity contribution in [3.05, 3.63) is 78.3 Å². The number of benzene rings is 2. The number of hydrogen-bond donors (Lipinski definition) is 1. The Morgan fingerprint density at radius 3 is 2.46 bits per heavy atom. The summed E-state index contributed by atoms with van der Waals surface area (Å²) in [6, 6.07) is 19.0. The smallest absolute Gasteiger partial charge is 0.251 e. The molecule has 0 saturated heterocycles. The molecule has 0 spiro atoms. The van der Waals surface area contributed by atoms with Crippen molar-refractivity contribution in [1.82, 2.24) is 25.5 Å². The molecule has 202 valence electrons. The fourth-order valence-corrected chi connectivity index (χ4v) is 4.89. The van der Waals surface area contributed by atoms with Gasteiger partial charge < -0.3 is 14.5 Å². The average Bonchev–Trinajstić information content (AvgIpc) is 3.61. The maximum Gasteiger partial charge on any atom is 0.251 e. The second kappa shape index (κ2) is 11.9. The Hall–Kier alpha value is -4.47. The summed E-state index contributed by atoms with van der Waals surface area (Å²) in [7, 11) is 1.57. The van der Waals surface area contributed by atoms with Crippen molar-refractivity contribution >= 4 is 17.5 Å². The molecule has 0 aliphatic heterocycles. The number of aromatic nitrogens is 4. The van der Waals surface area contributed by atoms with E-state index >= 15 is 0 Å². The molecular weight excluding hydrogens is 496 g/mol. The molecule has 5 rings (SSSR count). The molecule has 2 aromatic carbocycles. The Labute approximate surface area is 227 Å². The number of nitrogens with one attached hydrogen (secondary N) is 1. The van der Waals surface area contributed by atoms with Crippen LogP contribution in [0.25, 0.3) is 11.4 Å². The molecule has 39 heavy (non-hydrogen) atoms. The van der Waals surface area contributed by atoms with Crippen LogP contribution in [0.15, 0.2) is 71.1 Å². The Morgan fingerprint density at radius 1 is 1.05 bits per heavy atom. The van der Waals surface area contributed by atoms with Gasteiger partial charge in [-0.15, -0.1) is 10.2 Å². The van der Waals surface area contributed by atoms with Gasteiger partial charge in [0.05, 0.1) is 7.11 Å². The highest BCUT2D eigenvalue weighted by atomic mass is 16.5. The molecular formula is C29H32N6O4. The molecule has 2 heterocycles. The van der Waals surface area contributed by atoms with Gasteiger partial charge in [-0.1, -0.05) is 49.6 Å². The zero-order valence-corrected chi connectivity index (χ0v) is 22.1. The maximum atomic E-state index is 14.0. The SMILES string of the molecule is COc1ccc(N(C(=O)Cn2nnc(-c3ccccc3)n2)[C@H](C(=O)NC2CCCCC2)c2ccc(C)o2)cc1. The van der Waals surface area contributed by atoms with Crippen molar-refractivity contribution in [3.8, 4) is 17.1 Å². The van der Waals surface area contributed by atoms with Crippen molar-refractivity contribution in [2.24, 2.45) is 0 Å². The van der Waals surface area contributed by atoms with Crippen LogP contribution in [0.2, 0.25) is 0 Å². The molecule has 1 atom stereocenters. The van der Waals surface area contributed by atoms with E-state index < -0.39 is 11.9 Å². The van der Waals surface area contributed by atoms with Gasteiger partial charge in [0.15, 0.2) is 6.04 Å². The first-order chi connectivity index (χ1) is 19.0. The Balaban J connectivity index is 1.49. The van der Waals surface area contributed by atoms with Gasteiger partial charge in [-0.25, -0.2) is 0 Å². The zero-order chi connectivity index (χ0) is 27.2. The normalized spacial score (nSPS) is 14.5. The van der Waals surface area contributed by atoms with Crippen LogP contribution in [0.4, 0.5) is 5.69 Å². The predicted octanol–water partition coefficient (Wildman–Crippen LogP) is 4.47. The topological polar surface area (TPSA) is 115 Å². The number of rotatable bonds is 9. The third-order valence-corrected chi connectivity index (χ3v) is 6.87. The standard InChI is InChI=1S/C29H32N6O4/c1-20-13-18-25(39-20)27(29(37)30-22-11-7-4-8-12-22)35(23-14-16-24(38-2)17-15-23)26(36)19-34-32-28(31-33-34)21-9-5-3-6-10-21/h3,5-6,9-10,13-18,22,27H,4,7-8,11-12,19H2,1-2H3,(H,30,37)/t27-/m0/s1. The predicted molar refractivity (Wildman–Crippen MR) is 145 cm³/mol. The highest BCUT2D eigenvalue weighted by molar-refractivity contribution is 6.01. The third-order valence-electron chi connectivity index (χ3n) is 6.87. The van der Waals surface area contributed by atoms with Gasteiger partial charge in [0.1, 0.15) is 23.8 Å². The fraction of sp³-hybridized carbons (Fsp3) is 0.345. The van der Waals surface area contributed by atoms with Crippen molar-refractivity contribution in [1.29, 1.82) is 0 Å². The van der Waals surface area contributed by atoms with Crippen LogP contribution < -0.4 is 15.0 Å². The second-order valence-electron chi connectivity index (χ2n) is 9.67. The first kappa shape index (κ1) is 26.1. The van der Waals surface area contributed by atoms with E-state index in [1.165, 1.54) is 16.1 Å². The molecule has 10 nitrogen and oxygen atoms in total. The minimum Gasteiger partial charge on any atom is -0.497 e. The number of amides is 2. The number of nitrogens with zero attached hydrogens (tertiary/aromatic N) is 5. The number of anilines is 1. The monoisotopic (exact) mass is 528 g/mol. The molecule has 2 aromatic heterocycles. The number of tetrazole rings is 1. The van der Waals surface area contributed by atoms with E-state index in [-0.39, 0.29) is 18.5 Å². The van der Waals surface area contributed by atoms with Crippen LogP contribution in [0.1, 0.15) is 49.7 Å². The van der Waals surface area contributed by atoms with Crippen LogP contribution >= 0.6 is 0 Å². The quantitative estimate of drug-likeness (QED) is 0.341. The molecule has 1 saturated carbocycles. The van der Waals surface area contributed by atoms with Gasteiger partial charge in [0.25, 0.3) is 11.8 Å². The Kier molecular flexibility index (Phi) is 8.00. The second-order valence-corrected chi connectivity index (χ2v) is 9.67. The summed E-state index contributed by atoms with van der Waals surface area (Å²) in [5, 5.41) is 15.8. The summed E-state index contributed by atoms with van der Waals surface area (Å²) in [6.07, 6.45) is 5.13. The molecule has 1 aliphatic carbocycles. The van der Waals surface area contributed by atoms with Gasteiger partial charge in [0.2, 0.25) is 5.82 Å². The van der Waals surface area contributed by atoms with E-state index in [0.717, 1.165) is 31.2 Å². The van der Waals surface area contributed by atoms with Crippen molar-refractivity contribution in [2.75, 3.05) is 12.0 Å². The molecule has 1 aliphatic rings. The van der Waals surface area contributed by atoms with E-state index in [4.69, 9.17) is 9.15 Å². The van der Waals surface area contributed by atoms with Crippen LogP contribution in [0, 0.1) is 6.92 Å². The Morgan fingerprint density at radius 2 is 1.79 bits per heavy atom. The summed E-state index contributed by atoms with van der Waals surface area (Å²) >= 11 is 0. The number of methoxy groups -OCH3 is 1. The van der Waals surface area contributed by atoms with Gasteiger partial charge in [-0.05, 0) is 61.4 Å². The first-order valence-corrected chi connectivity index (χ1v) is 13.2. The van der Waals surface area contributed by atoms with Crippen LogP contribution in [-0.2, 0) is 16.1 Å². The molecule has 0 bridgehead atoms. The molecule has 0 unspecified atom stereocenters. The maximum absolute atomic E-state index is 14.0. The van der Waals surface area contributed by atoms with Gasteiger partial charge in [-0.2, -0.15) is 4.80 Å². The van der Waals surface area contributed by atoms with E-state index in [1.807, 2.05) is 37.3 Å². The van der Waals surface area contributed by atoms with Crippen LogP contribution in [0.3, 0.4) is 0 Å². The molecule has 10 heteroatoms. The number of hydrogen-bond acceptors (Lipinski definition) is 7.